The van der Waals surface area contributed by atoms with Crippen molar-refractivity contribution < 1.29 is 13.8 Å². The smallest absolute Gasteiger partial charge is 0.155 e. The first-order valence-electron chi connectivity index (χ1n) is 4.56. The van der Waals surface area contributed by atoms with Crippen molar-refractivity contribution >= 4 is 9.03 Å². The third-order valence-electron chi connectivity index (χ3n) is 1.55. The second-order valence-electron chi connectivity index (χ2n) is 2.65. The fourth-order valence-electron chi connectivity index (χ4n) is 0.752. The van der Waals surface area contributed by atoms with E-state index in [1.165, 1.54) is 0 Å². The lowest BCUT2D eigenvalue weighted by Gasteiger charge is -2.14. The summed E-state index contributed by atoms with van der Waals surface area (Å²) in [5.74, 6) is 0. The molecule has 0 aromatic rings. The predicted molar refractivity (Wildman–Crippen MR) is 55.0 cm³/mol. The van der Waals surface area contributed by atoms with Gasteiger partial charge in [0.25, 0.3) is 0 Å². The average molecular weight is 209 g/mol. The summed E-state index contributed by atoms with van der Waals surface area (Å²) in [6.07, 6.45) is 2.00. The minimum Gasteiger partial charge on any atom is -0.379 e. The van der Waals surface area contributed by atoms with Crippen LogP contribution in [0.25, 0.3) is 0 Å². The molecule has 0 fully saturated rings. The lowest BCUT2D eigenvalue weighted by atomic mass is 10.3. The van der Waals surface area contributed by atoms with Gasteiger partial charge in [0.1, 0.15) is 0 Å². The predicted octanol–water partition coefficient (Wildman–Crippen LogP) is 1.30. The number of hydrogen-bond donors (Lipinski definition) is 1. The van der Waals surface area contributed by atoms with Crippen LogP contribution in [0.2, 0.25) is 0 Å². The molecular formula is C8H20NO3P. The highest BCUT2D eigenvalue weighted by molar-refractivity contribution is 7.26. The molecule has 0 aromatic heterocycles. The van der Waals surface area contributed by atoms with E-state index in [1.54, 1.807) is 7.11 Å². The molecule has 0 bridgehead atoms. The van der Waals surface area contributed by atoms with Crippen LogP contribution >= 0.6 is 9.03 Å². The van der Waals surface area contributed by atoms with E-state index in [9.17, 15) is 0 Å². The molecule has 0 aliphatic heterocycles. The van der Waals surface area contributed by atoms with Crippen LogP contribution in [0.1, 0.15) is 19.8 Å². The highest BCUT2D eigenvalue weighted by Gasteiger charge is 2.05. The zero-order chi connectivity index (χ0) is 9.94. The van der Waals surface area contributed by atoms with Gasteiger partial charge in [-0.3, -0.25) is 0 Å². The molecule has 2 unspecified atom stereocenters. The monoisotopic (exact) mass is 209 g/mol. The van der Waals surface area contributed by atoms with Gasteiger partial charge in [-0.25, -0.2) is 0 Å². The van der Waals surface area contributed by atoms with E-state index >= 15 is 0 Å². The van der Waals surface area contributed by atoms with Crippen LogP contribution in [0, 0.1) is 0 Å². The molecule has 0 amide bonds. The van der Waals surface area contributed by atoms with Gasteiger partial charge in [0.05, 0.1) is 12.7 Å². The maximum Gasteiger partial charge on any atom is 0.155 e. The van der Waals surface area contributed by atoms with Gasteiger partial charge in [0, 0.05) is 13.7 Å². The van der Waals surface area contributed by atoms with Crippen LogP contribution in [0.15, 0.2) is 0 Å². The van der Waals surface area contributed by atoms with Crippen LogP contribution < -0.4 is 5.73 Å². The Hall–Kier alpha value is 0.270. The Balaban J connectivity index is 3.25. The topological polar surface area (TPSA) is 53.7 Å². The molecule has 80 valence electrons. The number of rotatable bonds is 9. The molecule has 0 saturated carbocycles. The Morgan fingerprint density at radius 2 is 2.23 bits per heavy atom. The summed E-state index contributed by atoms with van der Waals surface area (Å²) in [6, 6.07) is 0. The van der Waals surface area contributed by atoms with Crippen LogP contribution in [0.4, 0.5) is 0 Å². The Morgan fingerprint density at radius 3 is 2.77 bits per heavy atom. The Labute approximate surface area is 82.1 Å². The Morgan fingerprint density at radius 1 is 1.46 bits per heavy atom. The van der Waals surface area contributed by atoms with E-state index in [4.69, 9.17) is 19.5 Å². The first-order chi connectivity index (χ1) is 6.35. The second-order valence-corrected chi connectivity index (χ2v) is 3.46. The standard InChI is InChI=1S/C8H20NO3P/c1-3-8(12-13-10-2)7-11-6-4-5-9/h8,13H,3-7,9H2,1-2H3. The highest BCUT2D eigenvalue weighted by atomic mass is 31.1. The molecule has 5 heteroatoms. The first-order valence-corrected chi connectivity index (χ1v) is 5.38. The minimum atomic E-state index is 0.110. The van der Waals surface area contributed by atoms with Gasteiger partial charge in [-0.2, -0.15) is 0 Å². The Kier molecular flexibility index (Phi) is 10.6. The van der Waals surface area contributed by atoms with Gasteiger partial charge in [-0.15, -0.1) is 0 Å². The van der Waals surface area contributed by atoms with Crippen LogP contribution in [0.5, 0.6) is 0 Å². The summed E-state index contributed by atoms with van der Waals surface area (Å²) in [5, 5.41) is 0. The van der Waals surface area contributed by atoms with Gasteiger partial charge < -0.3 is 19.5 Å². The van der Waals surface area contributed by atoms with Crippen LogP contribution in [-0.2, 0) is 13.8 Å². The van der Waals surface area contributed by atoms with Gasteiger partial charge in [-0.05, 0) is 19.4 Å². The summed E-state index contributed by atoms with van der Waals surface area (Å²) < 4.78 is 15.6. The van der Waals surface area contributed by atoms with E-state index < -0.39 is 0 Å². The van der Waals surface area contributed by atoms with Gasteiger partial charge in [0.2, 0.25) is 0 Å². The van der Waals surface area contributed by atoms with Gasteiger partial charge in [0.15, 0.2) is 9.03 Å². The fourth-order valence-corrected chi connectivity index (χ4v) is 1.22. The van der Waals surface area contributed by atoms with Crippen molar-refractivity contribution in [3.05, 3.63) is 0 Å². The molecule has 0 heterocycles. The molecular weight excluding hydrogens is 189 g/mol. The quantitative estimate of drug-likeness (QED) is 0.459. The van der Waals surface area contributed by atoms with E-state index in [-0.39, 0.29) is 15.1 Å². The summed E-state index contributed by atoms with van der Waals surface area (Å²) in [7, 11) is 1.73. The molecule has 13 heavy (non-hydrogen) atoms. The molecule has 4 nitrogen and oxygen atoms in total. The molecule has 2 N–H and O–H groups in total. The van der Waals surface area contributed by atoms with Crippen molar-refractivity contribution in [3.8, 4) is 0 Å². The maximum absolute atomic E-state index is 5.37. The van der Waals surface area contributed by atoms with E-state index in [0.29, 0.717) is 19.8 Å². The summed E-state index contributed by atoms with van der Waals surface area (Å²) in [6.45, 7) is 4.09. The SMILES string of the molecule is CCC(COCCCN)OPOC. The average Bonchev–Trinajstić information content (AvgIpc) is 2.17. The lowest BCUT2D eigenvalue weighted by Crippen LogP contribution is -2.17. The molecule has 0 aliphatic rings. The molecule has 0 aromatic carbocycles. The van der Waals surface area contributed by atoms with Crippen molar-refractivity contribution in [2.75, 3.05) is 26.9 Å². The third kappa shape index (κ3) is 8.60. The molecule has 0 saturated heterocycles. The second kappa shape index (κ2) is 10.4. The molecule has 0 spiro atoms. The number of ether oxygens (including phenoxy) is 1. The van der Waals surface area contributed by atoms with Gasteiger partial charge in [-0.1, -0.05) is 6.92 Å². The van der Waals surface area contributed by atoms with Crippen molar-refractivity contribution in [1.82, 2.24) is 0 Å². The van der Waals surface area contributed by atoms with Crippen LogP contribution in [0.3, 0.4) is 0 Å². The molecule has 2 atom stereocenters. The fraction of sp³-hybridized carbons (Fsp3) is 1.00. The minimum absolute atomic E-state index is 0.110. The van der Waals surface area contributed by atoms with Gasteiger partial charge >= 0.3 is 0 Å². The summed E-state index contributed by atoms with van der Waals surface area (Å²) >= 11 is 0. The number of hydrogen-bond acceptors (Lipinski definition) is 4. The molecule has 0 aliphatic carbocycles. The number of nitrogens with two attached hydrogens (primary N) is 1. The van der Waals surface area contributed by atoms with E-state index in [1.807, 2.05) is 0 Å². The summed E-state index contributed by atoms with van der Waals surface area (Å²) in [4.78, 5) is 0. The normalized spacial score (nSPS) is 14.1. The first kappa shape index (κ1) is 13.3. The lowest BCUT2D eigenvalue weighted by molar-refractivity contribution is 0.0503. The van der Waals surface area contributed by atoms with Crippen molar-refractivity contribution in [2.45, 2.75) is 25.9 Å². The zero-order valence-electron chi connectivity index (χ0n) is 8.41. The molecule has 0 radical (unpaired) electrons. The Bertz CT molecular complexity index is 105. The molecule has 0 rings (SSSR count). The van der Waals surface area contributed by atoms with Crippen molar-refractivity contribution in [2.24, 2.45) is 5.73 Å². The highest BCUT2D eigenvalue weighted by Crippen LogP contribution is 2.16. The van der Waals surface area contributed by atoms with E-state index in [2.05, 4.69) is 6.92 Å². The zero-order valence-corrected chi connectivity index (χ0v) is 9.41. The largest absolute Gasteiger partial charge is 0.379 e. The van der Waals surface area contributed by atoms with Crippen LogP contribution in [-0.4, -0.2) is 33.0 Å². The summed E-state index contributed by atoms with van der Waals surface area (Å²) in [5.41, 5.74) is 5.33. The van der Waals surface area contributed by atoms with E-state index in [0.717, 1.165) is 12.8 Å². The van der Waals surface area contributed by atoms with Crippen molar-refractivity contribution in [3.63, 3.8) is 0 Å². The maximum atomic E-state index is 5.37. The third-order valence-corrected chi connectivity index (χ3v) is 2.15. The van der Waals surface area contributed by atoms with Crippen molar-refractivity contribution in [1.29, 1.82) is 0 Å².